The average molecular weight is 239 g/mol. The van der Waals surface area contributed by atoms with E-state index in [1.54, 1.807) is 26.2 Å². The van der Waals surface area contributed by atoms with E-state index >= 15 is 0 Å². The zero-order valence-corrected chi connectivity index (χ0v) is 10.1. The summed E-state index contributed by atoms with van der Waals surface area (Å²) in [5.41, 5.74) is 6.21. The van der Waals surface area contributed by atoms with Gasteiger partial charge in [0.05, 0.1) is 0 Å². The van der Waals surface area contributed by atoms with Crippen LogP contribution in [0.15, 0.2) is 24.3 Å². The summed E-state index contributed by atoms with van der Waals surface area (Å²) in [6.45, 7) is 0.316. The Morgan fingerprint density at radius 1 is 1.53 bits per heavy atom. The van der Waals surface area contributed by atoms with Crippen molar-refractivity contribution in [3.8, 4) is 0 Å². The van der Waals surface area contributed by atoms with Gasteiger partial charge in [-0.15, -0.1) is 0 Å². The minimum atomic E-state index is -0.315. The molecule has 0 heterocycles. The molecule has 0 aliphatic carbocycles. The van der Waals surface area contributed by atoms with Crippen molar-refractivity contribution in [3.63, 3.8) is 0 Å². The number of halogens is 1. The first-order valence-electron chi connectivity index (χ1n) is 5.45. The highest BCUT2D eigenvalue weighted by molar-refractivity contribution is 5.76. The number of benzene rings is 1. The van der Waals surface area contributed by atoms with Gasteiger partial charge in [0.1, 0.15) is 5.82 Å². The molecule has 0 saturated heterocycles. The van der Waals surface area contributed by atoms with Crippen LogP contribution in [0.1, 0.15) is 6.42 Å². The summed E-state index contributed by atoms with van der Waals surface area (Å²) in [5.74, 6) is -0.325. The summed E-state index contributed by atoms with van der Waals surface area (Å²) in [7, 11) is 3.39. The van der Waals surface area contributed by atoms with E-state index in [1.807, 2.05) is 0 Å². The van der Waals surface area contributed by atoms with Crippen LogP contribution in [0, 0.1) is 5.82 Å². The molecule has 3 N–H and O–H groups in total. The fourth-order valence-electron chi connectivity index (χ4n) is 1.40. The van der Waals surface area contributed by atoms with E-state index in [-0.39, 0.29) is 17.8 Å². The molecule has 94 valence electrons. The Balaban J connectivity index is 2.61. The Morgan fingerprint density at radius 2 is 2.24 bits per heavy atom. The number of carbonyl (C=O) groups is 1. The van der Waals surface area contributed by atoms with Crippen LogP contribution in [-0.2, 0) is 4.79 Å². The molecule has 1 atom stereocenters. The van der Waals surface area contributed by atoms with Gasteiger partial charge >= 0.3 is 0 Å². The SMILES string of the molecule is CN(C)C(=O)CC(CN)Nc1cccc(F)c1. The van der Waals surface area contributed by atoms with Gasteiger partial charge in [0, 0.05) is 38.8 Å². The van der Waals surface area contributed by atoms with Gasteiger partial charge in [-0.05, 0) is 18.2 Å². The first-order chi connectivity index (χ1) is 8.02. The summed E-state index contributed by atoms with van der Waals surface area (Å²) in [6, 6.07) is 5.91. The van der Waals surface area contributed by atoms with Crippen molar-refractivity contribution in [2.75, 3.05) is 26.0 Å². The van der Waals surface area contributed by atoms with Gasteiger partial charge in [0.2, 0.25) is 5.91 Å². The van der Waals surface area contributed by atoms with Crippen molar-refractivity contribution in [2.45, 2.75) is 12.5 Å². The number of nitrogens with one attached hydrogen (secondary N) is 1. The minimum absolute atomic E-state index is 0.00986. The van der Waals surface area contributed by atoms with Gasteiger partial charge in [-0.1, -0.05) is 6.07 Å². The smallest absolute Gasteiger partial charge is 0.224 e. The second-order valence-electron chi connectivity index (χ2n) is 4.08. The van der Waals surface area contributed by atoms with Crippen molar-refractivity contribution >= 4 is 11.6 Å². The summed E-state index contributed by atoms with van der Waals surface area (Å²) in [4.78, 5) is 13.0. The van der Waals surface area contributed by atoms with Crippen LogP contribution in [0.5, 0.6) is 0 Å². The van der Waals surface area contributed by atoms with Gasteiger partial charge < -0.3 is 16.0 Å². The summed E-state index contributed by atoms with van der Waals surface area (Å²) >= 11 is 0. The molecule has 0 spiro atoms. The molecule has 0 radical (unpaired) electrons. The lowest BCUT2D eigenvalue weighted by molar-refractivity contribution is -0.128. The maximum absolute atomic E-state index is 13.0. The fraction of sp³-hybridized carbons (Fsp3) is 0.417. The highest BCUT2D eigenvalue weighted by Gasteiger charge is 2.13. The standard InChI is InChI=1S/C12H18FN3O/c1-16(2)12(17)7-11(8-14)15-10-5-3-4-9(13)6-10/h3-6,11,15H,7-8,14H2,1-2H3. The lowest BCUT2D eigenvalue weighted by Crippen LogP contribution is -2.35. The largest absolute Gasteiger partial charge is 0.380 e. The van der Waals surface area contributed by atoms with Crippen molar-refractivity contribution in [3.05, 3.63) is 30.1 Å². The molecule has 5 heteroatoms. The van der Waals surface area contributed by atoms with Crippen molar-refractivity contribution in [1.29, 1.82) is 0 Å². The van der Waals surface area contributed by atoms with Gasteiger partial charge in [-0.3, -0.25) is 4.79 Å². The van der Waals surface area contributed by atoms with E-state index in [2.05, 4.69) is 5.32 Å². The molecule has 1 rings (SSSR count). The molecule has 0 fully saturated rings. The molecule has 0 aromatic heterocycles. The maximum atomic E-state index is 13.0. The lowest BCUT2D eigenvalue weighted by Gasteiger charge is -2.19. The summed E-state index contributed by atoms with van der Waals surface area (Å²) < 4.78 is 13.0. The molecule has 1 amide bonds. The predicted molar refractivity (Wildman–Crippen MR) is 66.2 cm³/mol. The number of nitrogens with two attached hydrogens (primary N) is 1. The van der Waals surface area contributed by atoms with Gasteiger partial charge in [-0.2, -0.15) is 0 Å². The van der Waals surface area contributed by atoms with E-state index in [0.29, 0.717) is 18.7 Å². The number of hydrogen-bond acceptors (Lipinski definition) is 3. The van der Waals surface area contributed by atoms with E-state index in [4.69, 9.17) is 5.73 Å². The van der Waals surface area contributed by atoms with Crippen LogP contribution in [0.25, 0.3) is 0 Å². The van der Waals surface area contributed by atoms with Crippen LogP contribution >= 0.6 is 0 Å². The molecule has 1 aromatic rings. The Labute approximate surface area is 101 Å². The van der Waals surface area contributed by atoms with Crippen LogP contribution in [0.4, 0.5) is 10.1 Å². The van der Waals surface area contributed by atoms with Crippen molar-refractivity contribution in [2.24, 2.45) is 5.73 Å². The second-order valence-corrected chi connectivity index (χ2v) is 4.08. The molecule has 0 aliphatic rings. The molecular weight excluding hydrogens is 221 g/mol. The number of hydrogen-bond donors (Lipinski definition) is 2. The Kier molecular flexibility index (Phi) is 4.90. The zero-order valence-electron chi connectivity index (χ0n) is 10.1. The molecule has 0 bridgehead atoms. The van der Waals surface area contributed by atoms with Crippen LogP contribution in [-0.4, -0.2) is 37.5 Å². The Hall–Kier alpha value is -1.62. The number of rotatable bonds is 5. The molecule has 0 aliphatic heterocycles. The number of carbonyl (C=O) groups excluding carboxylic acids is 1. The zero-order chi connectivity index (χ0) is 12.8. The number of nitrogens with zero attached hydrogens (tertiary/aromatic N) is 1. The number of anilines is 1. The molecule has 1 unspecified atom stereocenters. The highest BCUT2D eigenvalue weighted by Crippen LogP contribution is 2.11. The Morgan fingerprint density at radius 3 is 2.76 bits per heavy atom. The van der Waals surface area contributed by atoms with Gasteiger partial charge in [0.25, 0.3) is 0 Å². The highest BCUT2D eigenvalue weighted by atomic mass is 19.1. The minimum Gasteiger partial charge on any atom is -0.380 e. The third kappa shape index (κ3) is 4.40. The van der Waals surface area contributed by atoms with E-state index in [0.717, 1.165) is 0 Å². The maximum Gasteiger partial charge on any atom is 0.224 e. The predicted octanol–water partition coefficient (Wildman–Crippen LogP) is 1.04. The van der Waals surface area contributed by atoms with E-state index < -0.39 is 0 Å². The molecular formula is C12H18FN3O. The molecule has 17 heavy (non-hydrogen) atoms. The molecule has 4 nitrogen and oxygen atoms in total. The van der Waals surface area contributed by atoms with Gasteiger partial charge in [-0.25, -0.2) is 4.39 Å². The molecule has 1 aromatic carbocycles. The second kappa shape index (κ2) is 6.20. The quantitative estimate of drug-likeness (QED) is 0.807. The topological polar surface area (TPSA) is 58.4 Å². The number of amides is 1. The average Bonchev–Trinajstić information content (AvgIpc) is 2.27. The van der Waals surface area contributed by atoms with Gasteiger partial charge in [0.15, 0.2) is 0 Å². The Bertz CT molecular complexity index is 382. The fourth-order valence-corrected chi connectivity index (χ4v) is 1.40. The van der Waals surface area contributed by atoms with Crippen molar-refractivity contribution in [1.82, 2.24) is 4.90 Å². The van der Waals surface area contributed by atoms with Crippen molar-refractivity contribution < 1.29 is 9.18 Å². The third-order valence-corrected chi connectivity index (χ3v) is 2.40. The van der Waals surface area contributed by atoms with Crippen LogP contribution < -0.4 is 11.1 Å². The monoisotopic (exact) mass is 239 g/mol. The third-order valence-electron chi connectivity index (χ3n) is 2.40. The normalized spacial score (nSPS) is 12.0. The lowest BCUT2D eigenvalue weighted by atomic mass is 10.1. The summed E-state index contributed by atoms with van der Waals surface area (Å²) in [5, 5.41) is 3.04. The first kappa shape index (κ1) is 13.4. The first-order valence-corrected chi connectivity index (χ1v) is 5.45. The van der Waals surface area contributed by atoms with Crippen LogP contribution in [0.2, 0.25) is 0 Å². The van der Waals surface area contributed by atoms with E-state index in [9.17, 15) is 9.18 Å². The summed E-state index contributed by atoms with van der Waals surface area (Å²) in [6.07, 6.45) is 0.292. The van der Waals surface area contributed by atoms with E-state index in [1.165, 1.54) is 17.0 Å². The van der Waals surface area contributed by atoms with Crippen LogP contribution in [0.3, 0.4) is 0 Å². The molecule has 0 saturated carbocycles.